The quantitative estimate of drug-likeness (QED) is 0.865. The zero-order valence-corrected chi connectivity index (χ0v) is 11.4. The van der Waals surface area contributed by atoms with Gasteiger partial charge in [0.25, 0.3) is 0 Å². The summed E-state index contributed by atoms with van der Waals surface area (Å²) in [5.74, 6) is 2.83. The van der Waals surface area contributed by atoms with Crippen LogP contribution in [0.4, 0.5) is 0 Å². The number of aromatic nitrogens is 2. The van der Waals surface area contributed by atoms with Gasteiger partial charge in [0, 0.05) is 0 Å². The molecule has 0 amide bonds. The van der Waals surface area contributed by atoms with Gasteiger partial charge in [0.2, 0.25) is 0 Å². The van der Waals surface area contributed by atoms with Gasteiger partial charge in [-0.1, -0.05) is 19.4 Å². The van der Waals surface area contributed by atoms with E-state index in [4.69, 9.17) is 4.98 Å². The highest BCUT2D eigenvalue weighted by Gasteiger charge is 2.40. The average Bonchev–Trinajstić information content (AvgIpc) is 3.11. The van der Waals surface area contributed by atoms with Crippen molar-refractivity contribution in [1.29, 1.82) is 0 Å². The molecule has 4 rings (SSSR count). The molecule has 0 radical (unpaired) electrons. The van der Waals surface area contributed by atoms with Crippen LogP contribution in [0.3, 0.4) is 0 Å². The lowest BCUT2D eigenvalue weighted by atomic mass is 9.94. The largest absolute Gasteiger partial charge is 0.341 e. The second kappa shape index (κ2) is 4.34. The Morgan fingerprint density at radius 3 is 3.16 bits per heavy atom. The molecular weight excluding hydrogens is 234 g/mol. The van der Waals surface area contributed by atoms with Crippen LogP contribution >= 0.6 is 0 Å². The Morgan fingerprint density at radius 1 is 1.32 bits per heavy atom. The molecule has 100 valence electrons. The SMILES string of the molecule is CCc1ccc2nc(C3NCC4CCCC43)[nH]c2c1. The first kappa shape index (κ1) is 11.5. The molecule has 1 aliphatic carbocycles. The molecule has 2 aromatic rings. The molecule has 2 aliphatic rings. The zero-order chi connectivity index (χ0) is 12.8. The molecule has 1 aromatic heterocycles. The number of H-pyrrole nitrogens is 1. The molecular formula is C16H21N3. The fourth-order valence-corrected chi connectivity index (χ4v) is 3.93. The van der Waals surface area contributed by atoms with E-state index in [0.717, 1.165) is 29.6 Å². The van der Waals surface area contributed by atoms with Crippen molar-refractivity contribution in [3.8, 4) is 0 Å². The van der Waals surface area contributed by atoms with E-state index in [0.29, 0.717) is 6.04 Å². The topological polar surface area (TPSA) is 40.7 Å². The normalized spacial score (nSPS) is 30.1. The molecule has 1 aromatic carbocycles. The highest BCUT2D eigenvalue weighted by atomic mass is 15.1. The molecule has 3 nitrogen and oxygen atoms in total. The lowest BCUT2D eigenvalue weighted by molar-refractivity contribution is 0.410. The van der Waals surface area contributed by atoms with E-state index in [9.17, 15) is 0 Å². The van der Waals surface area contributed by atoms with Gasteiger partial charge in [0.05, 0.1) is 17.1 Å². The molecule has 19 heavy (non-hydrogen) atoms. The first-order valence-electron chi connectivity index (χ1n) is 7.57. The minimum atomic E-state index is 0.449. The standard InChI is InChI=1S/C16H21N3/c1-2-10-6-7-13-14(8-10)19-16(18-13)15-12-5-3-4-11(12)9-17-15/h6-8,11-12,15,17H,2-5,9H2,1H3,(H,18,19). The van der Waals surface area contributed by atoms with Crippen molar-refractivity contribution in [2.45, 2.75) is 38.6 Å². The van der Waals surface area contributed by atoms with Crippen LogP contribution in [0.5, 0.6) is 0 Å². The van der Waals surface area contributed by atoms with Crippen molar-refractivity contribution in [1.82, 2.24) is 15.3 Å². The third-order valence-corrected chi connectivity index (χ3v) is 5.01. The monoisotopic (exact) mass is 255 g/mol. The number of fused-ring (bicyclic) bond motifs is 2. The molecule has 2 fully saturated rings. The Labute approximate surface area is 113 Å². The zero-order valence-electron chi connectivity index (χ0n) is 11.4. The maximum absolute atomic E-state index is 4.81. The number of imidazole rings is 1. The summed E-state index contributed by atoms with van der Waals surface area (Å²) in [5.41, 5.74) is 3.67. The van der Waals surface area contributed by atoms with Gasteiger partial charge in [-0.3, -0.25) is 0 Å². The minimum absolute atomic E-state index is 0.449. The van der Waals surface area contributed by atoms with Crippen LogP contribution in [0.2, 0.25) is 0 Å². The molecule has 3 unspecified atom stereocenters. The summed E-state index contributed by atoms with van der Waals surface area (Å²) in [6, 6.07) is 7.03. The minimum Gasteiger partial charge on any atom is -0.341 e. The van der Waals surface area contributed by atoms with E-state index in [1.807, 2.05) is 0 Å². The molecule has 1 saturated carbocycles. The van der Waals surface area contributed by atoms with Crippen molar-refractivity contribution >= 4 is 11.0 Å². The second-order valence-corrected chi connectivity index (χ2v) is 6.07. The molecule has 1 saturated heterocycles. The predicted molar refractivity (Wildman–Crippen MR) is 77.0 cm³/mol. The van der Waals surface area contributed by atoms with Crippen LogP contribution in [-0.2, 0) is 6.42 Å². The lowest BCUT2D eigenvalue weighted by Crippen LogP contribution is -2.18. The Balaban J connectivity index is 1.71. The molecule has 2 N–H and O–H groups in total. The number of hydrogen-bond donors (Lipinski definition) is 2. The number of aromatic amines is 1. The van der Waals surface area contributed by atoms with Gasteiger partial charge in [-0.25, -0.2) is 4.98 Å². The average molecular weight is 255 g/mol. The summed E-state index contributed by atoms with van der Waals surface area (Å²) in [4.78, 5) is 8.36. The third-order valence-electron chi connectivity index (χ3n) is 5.01. The first-order valence-corrected chi connectivity index (χ1v) is 7.57. The summed E-state index contributed by atoms with van der Waals surface area (Å²) < 4.78 is 0. The highest BCUT2D eigenvalue weighted by molar-refractivity contribution is 5.76. The van der Waals surface area contributed by atoms with Crippen molar-refractivity contribution in [2.75, 3.05) is 6.54 Å². The predicted octanol–water partition coefficient (Wildman–Crippen LogP) is 3.19. The summed E-state index contributed by atoms with van der Waals surface area (Å²) in [5, 5.41) is 3.67. The number of hydrogen-bond acceptors (Lipinski definition) is 2. The van der Waals surface area contributed by atoms with Gasteiger partial charge < -0.3 is 10.3 Å². The molecule has 3 atom stereocenters. The maximum Gasteiger partial charge on any atom is 0.124 e. The molecule has 1 aliphatic heterocycles. The van der Waals surface area contributed by atoms with Crippen LogP contribution in [0, 0.1) is 11.8 Å². The number of rotatable bonds is 2. The summed E-state index contributed by atoms with van der Waals surface area (Å²) in [6.07, 6.45) is 5.23. The van der Waals surface area contributed by atoms with Gasteiger partial charge in [-0.15, -0.1) is 0 Å². The fraction of sp³-hybridized carbons (Fsp3) is 0.562. The van der Waals surface area contributed by atoms with Crippen LogP contribution in [0.25, 0.3) is 11.0 Å². The second-order valence-electron chi connectivity index (χ2n) is 6.07. The van der Waals surface area contributed by atoms with E-state index in [-0.39, 0.29) is 0 Å². The number of nitrogens with zero attached hydrogens (tertiary/aromatic N) is 1. The summed E-state index contributed by atoms with van der Waals surface area (Å²) in [7, 11) is 0. The van der Waals surface area contributed by atoms with Crippen LogP contribution in [0.1, 0.15) is 43.6 Å². The number of benzene rings is 1. The van der Waals surface area contributed by atoms with Crippen LogP contribution in [-0.4, -0.2) is 16.5 Å². The Morgan fingerprint density at radius 2 is 2.26 bits per heavy atom. The maximum atomic E-state index is 4.81. The van der Waals surface area contributed by atoms with E-state index in [1.165, 1.54) is 36.9 Å². The summed E-state index contributed by atoms with van der Waals surface area (Å²) in [6.45, 7) is 3.37. The van der Waals surface area contributed by atoms with Crippen molar-refractivity contribution in [3.05, 3.63) is 29.6 Å². The van der Waals surface area contributed by atoms with E-state index >= 15 is 0 Å². The van der Waals surface area contributed by atoms with Crippen molar-refractivity contribution in [2.24, 2.45) is 11.8 Å². The number of nitrogens with one attached hydrogen (secondary N) is 2. The fourth-order valence-electron chi connectivity index (χ4n) is 3.93. The van der Waals surface area contributed by atoms with Gasteiger partial charge in [-0.05, 0) is 55.3 Å². The smallest absolute Gasteiger partial charge is 0.124 e. The Kier molecular flexibility index (Phi) is 2.62. The molecule has 0 bridgehead atoms. The Bertz CT molecular complexity index is 601. The van der Waals surface area contributed by atoms with Crippen molar-refractivity contribution in [3.63, 3.8) is 0 Å². The van der Waals surface area contributed by atoms with Crippen molar-refractivity contribution < 1.29 is 0 Å². The van der Waals surface area contributed by atoms with Crippen LogP contribution < -0.4 is 5.32 Å². The Hall–Kier alpha value is -1.35. The van der Waals surface area contributed by atoms with Crippen LogP contribution in [0.15, 0.2) is 18.2 Å². The molecule has 3 heteroatoms. The highest BCUT2D eigenvalue weighted by Crippen LogP contribution is 2.43. The lowest BCUT2D eigenvalue weighted by Gasteiger charge is -2.15. The number of aryl methyl sites for hydroxylation is 1. The van der Waals surface area contributed by atoms with E-state index in [1.54, 1.807) is 0 Å². The van der Waals surface area contributed by atoms with E-state index < -0.39 is 0 Å². The third kappa shape index (κ3) is 1.79. The van der Waals surface area contributed by atoms with Gasteiger partial charge in [-0.2, -0.15) is 0 Å². The summed E-state index contributed by atoms with van der Waals surface area (Å²) >= 11 is 0. The molecule has 0 spiro atoms. The molecule has 2 heterocycles. The first-order chi connectivity index (χ1) is 9.35. The van der Waals surface area contributed by atoms with Gasteiger partial charge >= 0.3 is 0 Å². The van der Waals surface area contributed by atoms with E-state index in [2.05, 4.69) is 35.4 Å². The van der Waals surface area contributed by atoms with Gasteiger partial charge in [0.1, 0.15) is 5.82 Å². The van der Waals surface area contributed by atoms with Gasteiger partial charge in [0.15, 0.2) is 0 Å².